The summed E-state index contributed by atoms with van der Waals surface area (Å²) in [6.07, 6.45) is 0. The third kappa shape index (κ3) is 5.10. The van der Waals surface area contributed by atoms with E-state index in [1.807, 2.05) is 24.3 Å². The molecule has 5 nitrogen and oxygen atoms in total. The minimum atomic E-state index is -0.727. The molecule has 0 saturated heterocycles. The molecule has 3 aromatic heterocycles. The highest BCUT2D eigenvalue weighted by molar-refractivity contribution is 6.09. The Hall–Kier alpha value is -9.06. The molecule has 15 rings (SSSR count). The van der Waals surface area contributed by atoms with Gasteiger partial charge in [0, 0.05) is 72.2 Å². The van der Waals surface area contributed by atoms with Crippen molar-refractivity contribution in [2.24, 2.45) is 0 Å². The van der Waals surface area contributed by atoms with Crippen LogP contribution in [0.5, 0.6) is 0 Å². The zero-order valence-electron chi connectivity index (χ0n) is 36.6. The van der Waals surface area contributed by atoms with Crippen LogP contribution in [-0.4, -0.2) is 0 Å². The molecule has 13 aromatic rings. The molecule has 10 aromatic carbocycles. The van der Waals surface area contributed by atoms with Crippen LogP contribution in [0.4, 0.5) is 34.1 Å². The van der Waals surface area contributed by atoms with E-state index in [1.165, 1.54) is 33.4 Å². The maximum Gasteiger partial charge on any atom is 0.140 e. The molecule has 1 unspecified atom stereocenters. The smallest absolute Gasteiger partial charge is 0.140 e. The lowest BCUT2D eigenvalue weighted by atomic mass is 9.70. The van der Waals surface area contributed by atoms with Gasteiger partial charge in [0.15, 0.2) is 0 Å². The number of rotatable bonds is 6. The lowest BCUT2D eigenvalue weighted by Crippen LogP contribution is -2.26. The number of anilines is 6. The molecule has 0 N–H and O–H groups in total. The quantitative estimate of drug-likeness (QED) is 0.167. The van der Waals surface area contributed by atoms with Crippen molar-refractivity contribution in [1.82, 2.24) is 0 Å². The Morgan fingerprint density at radius 2 is 0.676 bits per heavy atom. The largest absolute Gasteiger partial charge is 0.456 e. The fraction of sp³-hybridized carbons (Fsp3) is 0.0159. The van der Waals surface area contributed by atoms with Crippen molar-refractivity contribution in [3.05, 3.63) is 253 Å². The van der Waals surface area contributed by atoms with Gasteiger partial charge in [0.2, 0.25) is 0 Å². The highest BCUT2D eigenvalue weighted by Gasteiger charge is 2.55. The first-order valence-corrected chi connectivity index (χ1v) is 23.1. The third-order valence-electron chi connectivity index (χ3n) is 14.4. The van der Waals surface area contributed by atoms with Gasteiger partial charge in [-0.15, -0.1) is 0 Å². The predicted molar refractivity (Wildman–Crippen MR) is 276 cm³/mol. The monoisotopic (exact) mass is 870 g/mol. The number of benzene rings is 10. The van der Waals surface area contributed by atoms with Gasteiger partial charge < -0.3 is 23.1 Å². The standard InChI is InChI=1S/C63H38N2O3/c1-3-15-39(16-4-1)64(41-29-33-59-51(35-41)47-20-8-12-24-56(47)66-59)43-27-31-46-45-19-7-11-23-53(45)63(54(46)37-43)55-38-44(28-32-49(55)62-61(63)50-22-10-14-26-58(50)68-62)65(40-17-5-2-6-18-40)42-30-34-60-52(36-42)48-21-9-13-25-57(48)67-60/h1-38H. The Kier molecular flexibility index (Phi) is 7.64. The molecule has 0 radical (unpaired) electrons. The molecular formula is C63H38N2O3. The predicted octanol–water partition coefficient (Wildman–Crippen LogP) is 17.5. The molecule has 318 valence electrons. The van der Waals surface area contributed by atoms with Crippen LogP contribution in [0.1, 0.15) is 22.3 Å². The lowest BCUT2D eigenvalue weighted by molar-refractivity contribution is 0.628. The molecule has 2 aliphatic rings. The van der Waals surface area contributed by atoms with Gasteiger partial charge in [0.1, 0.15) is 33.7 Å². The van der Waals surface area contributed by atoms with Gasteiger partial charge in [0.05, 0.1) is 5.41 Å². The van der Waals surface area contributed by atoms with E-state index >= 15 is 0 Å². The Morgan fingerprint density at radius 3 is 1.26 bits per heavy atom. The van der Waals surface area contributed by atoms with Crippen LogP contribution in [0.2, 0.25) is 0 Å². The van der Waals surface area contributed by atoms with Crippen molar-refractivity contribution in [3.8, 4) is 22.5 Å². The van der Waals surface area contributed by atoms with Crippen LogP contribution < -0.4 is 9.80 Å². The van der Waals surface area contributed by atoms with Crippen LogP contribution in [0, 0.1) is 0 Å². The Labute approximate surface area is 390 Å². The van der Waals surface area contributed by atoms with Crippen LogP contribution >= 0.6 is 0 Å². The van der Waals surface area contributed by atoms with Crippen molar-refractivity contribution >= 4 is 89.0 Å². The first kappa shape index (κ1) is 37.2. The molecule has 1 atom stereocenters. The summed E-state index contributed by atoms with van der Waals surface area (Å²) in [5.41, 5.74) is 18.3. The topological polar surface area (TPSA) is 45.9 Å². The Balaban J connectivity index is 0.998. The molecule has 0 saturated carbocycles. The summed E-state index contributed by atoms with van der Waals surface area (Å²) in [5, 5.41) is 5.47. The number of para-hydroxylation sites is 5. The summed E-state index contributed by atoms with van der Waals surface area (Å²) in [7, 11) is 0. The molecule has 5 heteroatoms. The van der Waals surface area contributed by atoms with E-state index in [9.17, 15) is 0 Å². The van der Waals surface area contributed by atoms with Crippen LogP contribution in [-0.2, 0) is 5.41 Å². The summed E-state index contributed by atoms with van der Waals surface area (Å²) in [5.74, 6) is 0.913. The fourth-order valence-electron chi connectivity index (χ4n) is 11.6. The van der Waals surface area contributed by atoms with Gasteiger partial charge in [-0.1, -0.05) is 121 Å². The van der Waals surface area contributed by atoms with Gasteiger partial charge >= 0.3 is 0 Å². The molecule has 2 aliphatic carbocycles. The van der Waals surface area contributed by atoms with Crippen LogP contribution in [0.15, 0.2) is 244 Å². The number of nitrogens with zero attached hydrogens (tertiary/aromatic N) is 2. The van der Waals surface area contributed by atoms with Crippen molar-refractivity contribution in [2.75, 3.05) is 9.80 Å². The van der Waals surface area contributed by atoms with Crippen LogP contribution in [0.3, 0.4) is 0 Å². The Morgan fingerprint density at radius 1 is 0.265 bits per heavy atom. The number of fused-ring (bicyclic) bond motifs is 18. The van der Waals surface area contributed by atoms with E-state index in [0.29, 0.717) is 0 Å². The SMILES string of the molecule is c1ccc(N(c2ccc3c(c2)C2(c4ccccc4-3)c3cc(N(c4ccccc4)c4ccc5oc6ccccc6c5c4)ccc3-c3oc4ccccc4c32)c2ccc3oc4ccccc4c3c2)cc1. The minimum Gasteiger partial charge on any atom is -0.456 e. The lowest BCUT2D eigenvalue weighted by Gasteiger charge is -2.33. The summed E-state index contributed by atoms with van der Waals surface area (Å²) in [6, 6.07) is 82.6. The first-order valence-electron chi connectivity index (χ1n) is 23.1. The zero-order valence-corrected chi connectivity index (χ0v) is 36.6. The van der Waals surface area contributed by atoms with E-state index in [-0.39, 0.29) is 0 Å². The van der Waals surface area contributed by atoms with Crippen molar-refractivity contribution in [3.63, 3.8) is 0 Å². The first-order chi connectivity index (χ1) is 33.7. The van der Waals surface area contributed by atoms with Gasteiger partial charge in [-0.2, -0.15) is 0 Å². The summed E-state index contributed by atoms with van der Waals surface area (Å²) >= 11 is 0. The van der Waals surface area contributed by atoms with Gasteiger partial charge in [0.25, 0.3) is 0 Å². The van der Waals surface area contributed by atoms with E-state index in [0.717, 1.165) is 100 Å². The third-order valence-corrected chi connectivity index (χ3v) is 14.4. The molecule has 68 heavy (non-hydrogen) atoms. The molecule has 0 aliphatic heterocycles. The number of furan rings is 3. The second-order valence-corrected chi connectivity index (χ2v) is 18.0. The highest BCUT2D eigenvalue weighted by atomic mass is 16.3. The van der Waals surface area contributed by atoms with Crippen molar-refractivity contribution < 1.29 is 13.3 Å². The second kappa shape index (κ2) is 14.0. The van der Waals surface area contributed by atoms with E-state index in [4.69, 9.17) is 13.3 Å². The summed E-state index contributed by atoms with van der Waals surface area (Å²) in [6.45, 7) is 0. The molecule has 0 bridgehead atoms. The molecule has 3 heterocycles. The maximum atomic E-state index is 7.04. The molecule has 0 amide bonds. The van der Waals surface area contributed by atoms with Crippen LogP contribution in [0.25, 0.3) is 77.3 Å². The Bertz CT molecular complexity index is 4180. The fourth-order valence-corrected chi connectivity index (χ4v) is 11.6. The average molecular weight is 871 g/mol. The average Bonchev–Trinajstić information content (AvgIpc) is 4.20. The van der Waals surface area contributed by atoms with Crippen molar-refractivity contribution in [1.29, 1.82) is 0 Å². The second-order valence-electron chi connectivity index (χ2n) is 18.0. The summed E-state index contributed by atoms with van der Waals surface area (Å²) < 4.78 is 19.7. The number of hydrogen-bond acceptors (Lipinski definition) is 5. The van der Waals surface area contributed by atoms with Gasteiger partial charge in [-0.3, -0.25) is 0 Å². The van der Waals surface area contributed by atoms with E-state index in [2.05, 4.69) is 216 Å². The molecular weight excluding hydrogens is 833 g/mol. The minimum absolute atomic E-state index is 0.727. The summed E-state index contributed by atoms with van der Waals surface area (Å²) in [4.78, 5) is 4.75. The molecule has 0 fully saturated rings. The van der Waals surface area contributed by atoms with E-state index < -0.39 is 5.41 Å². The van der Waals surface area contributed by atoms with E-state index in [1.54, 1.807) is 0 Å². The van der Waals surface area contributed by atoms with Crippen molar-refractivity contribution in [2.45, 2.75) is 5.41 Å². The highest BCUT2D eigenvalue weighted by Crippen LogP contribution is 2.66. The normalized spacial score (nSPS) is 14.5. The van der Waals surface area contributed by atoms with Gasteiger partial charge in [-0.25, -0.2) is 0 Å². The maximum absolute atomic E-state index is 7.04. The number of hydrogen-bond donors (Lipinski definition) is 0. The molecule has 1 spiro atoms. The van der Waals surface area contributed by atoms with Gasteiger partial charge in [-0.05, 0) is 137 Å². The zero-order chi connectivity index (χ0) is 44.5.